The number of nitrogens with one attached hydrogen (secondary N) is 1. The van der Waals surface area contributed by atoms with E-state index in [4.69, 9.17) is 0 Å². The van der Waals surface area contributed by atoms with E-state index in [0.29, 0.717) is 0 Å². The summed E-state index contributed by atoms with van der Waals surface area (Å²) < 4.78 is 0. The van der Waals surface area contributed by atoms with Crippen LogP contribution in [0.25, 0.3) is 0 Å². The summed E-state index contributed by atoms with van der Waals surface area (Å²) in [6.07, 6.45) is 0. The minimum Gasteiger partial charge on any atom is -0.308 e. The van der Waals surface area contributed by atoms with Gasteiger partial charge in [-0.3, -0.25) is 0 Å². The summed E-state index contributed by atoms with van der Waals surface area (Å²) in [6.45, 7) is 10.6. The second-order valence-electron chi connectivity index (χ2n) is 5.05. The number of hydrogen-bond acceptors (Lipinski definition) is 2. The molecule has 0 aliphatic carbocycles. The summed E-state index contributed by atoms with van der Waals surface area (Å²) in [6, 6.07) is 9.01. The Morgan fingerprint density at radius 1 is 0.889 bits per heavy atom. The van der Waals surface area contributed by atoms with Gasteiger partial charge in [0, 0.05) is 22.8 Å². The fourth-order valence-corrected chi connectivity index (χ4v) is 3.26. The van der Waals surface area contributed by atoms with E-state index in [9.17, 15) is 0 Å². The molecule has 0 aliphatic heterocycles. The van der Waals surface area contributed by atoms with Gasteiger partial charge in [0.25, 0.3) is 0 Å². The quantitative estimate of drug-likeness (QED) is 0.864. The van der Waals surface area contributed by atoms with Crippen LogP contribution in [0.3, 0.4) is 0 Å². The molecule has 1 aromatic carbocycles. The SMILES string of the molecule is Cc1cc(C)cc(CNCc2cc(C)c(C)s2)c1. The number of benzene rings is 1. The molecule has 0 aliphatic rings. The van der Waals surface area contributed by atoms with E-state index >= 15 is 0 Å². The summed E-state index contributed by atoms with van der Waals surface area (Å²) in [5.41, 5.74) is 5.46. The van der Waals surface area contributed by atoms with Crippen LogP contribution < -0.4 is 5.32 Å². The molecule has 2 aromatic rings. The average Bonchev–Trinajstić information content (AvgIpc) is 2.57. The molecule has 0 saturated heterocycles. The third-order valence-corrected chi connectivity index (χ3v) is 4.28. The molecule has 1 heterocycles. The predicted octanol–water partition coefficient (Wildman–Crippen LogP) is 4.27. The maximum Gasteiger partial charge on any atom is 0.0303 e. The van der Waals surface area contributed by atoms with Crippen LogP contribution in [-0.4, -0.2) is 0 Å². The lowest BCUT2D eigenvalue weighted by molar-refractivity contribution is 0.700. The molecule has 0 amide bonds. The van der Waals surface area contributed by atoms with Crippen LogP contribution in [0.5, 0.6) is 0 Å². The molecular formula is C16H21NS. The molecule has 0 saturated carbocycles. The molecule has 18 heavy (non-hydrogen) atoms. The molecule has 96 valence electrons. The van der Waals surface area contributed by atoms with Crippen LogP contribution in [-0.2, 0) is 13.1 Å². The highest BCUT2D eigenvalue weighted by Crippen LogP contribution is 2.20. The molecule has 1 N–H and O–H groups in total. The van der Waals surface area contributed by atoms with Gasteiger partial charge in [-0.25, -0.2) is 0 Å². The molecule has 0 unspecified atom stereocenters. The van der Waals surface area contributed by atoms with Crippen molar-refractivity contribution < 1.29 is 0 Å². The summed E-state index contributed by atoms with van der Waals surface area (Å²) in [5.74, 6) is 0. The smallest absolute Gasteiger partial charge is 0.0303 e. The molecular weight excluding hydrogens is 238 g/mol. The minimum absolute atomic E-state index is 0.943. The van der Waals surface area contributed by atoms with E-state index in [0.717, 1.165) is 13.1 Å². The number of hydrogen-bond donors (Lipinski definition) is 1. The summed E-state index contributed by atoms with van der Waals surface area (Å²) in [5, 5.41) is 3.52. The first-order chi connectivity index (χ1) is 8.54. The molecule has 0 fully saturated rings. The molecule has 1 nitrogen and oxygen atoms in total. The average molecular weight is 259 g/mol. The van der Waals surface area contributed by atoms with Crippen molar-refractivity contribution in [2.45, 2.75) is 40.8 Å². The number of aryl methyl sites for hydroxylation is 4. The highest BCUT2D eigenvalue weighted by Gasteiger charge is 2.01. The van der Waals surface area contributed by atoms with Crippen LogP contribution in [0.1, 0.15) is 32.0 Å². The van der Waals surface area contributed by atoms with Crippen molar-refractivity contribution in [3.63, 3.8) is 0 Å². The zero-order valence-electron chi connectivity index (χ0n) is 11.6. The predicted molar refractivity (Wildman–Crippen MR) is 80.3 cm³/mol. The van der Waals surface area contributed by atoms with Crippen LogP contribution in [0, 0.1) is 27.7 Å². The second-order valence-corrected chi connectivity index (χ2v) is 6.39. The first-order valence-corrected chi connectivity index (χ1v) is 7.20. The van der Waals surface area contributed by atoms with Crippen LogP contribution in [0.4, 0.5) is 0 Å². The highest BCUT2D eigenvalue weighted by molar-refractivity contribution is 7.12. The molecule has 0 radical (unpaired) electrons. The van der Waals surface area contributed by atoms with Gasteiger partial charge in [-0.1, -0.05) is 29.3 Å². The van der Waals surface area contributed by atoms with Crippen molar-refractivity contribution in [3.8, 4) is 0 Å². The molecule has 0 bridgehead atoms. The maximum atomic E-state index is 3.52. The Labute approximate surface area is 114 Å². The lowest BCUT2D eigenvalue weighted by atomic mass is 10.1. The maximum absolute atomic E-state index is 3.52. The van der Waals surface area contributed by atoms with E-state index in [1.54, 1.807) is 0 Å². The van der Waals surface area contributed by atoms with E-state index in [2.05, 4.69) is 57.3 Å². The lowest BCUT2D eigenvalue weighted by Crippen LogP contribution is -2.11. The fourth-order valence-electron chi connectivity index (χ4n) is 2.24. The van der Waals surface area contributed by atoms with Crippen molar-refractivity contribution in [3.05, 3.63) is 56.3 Å². The van der Waals surface area contributed by atoms with E-state index in [-0.39, 0.29) is 0 Å². The third kappa shape index (κ3) is 3.44. The molecule has 0 atom stereocenters. The normalized spacial score (nSPS) is 10.9. The zero-order valence-corrected chi connectivity index (χ0v) is 12.4. The van der Waals surface area contributed by atoms with E-state index in [1.165, 1.54) is 32.0 Å². The minimum atomic E-state index is 0.943. The highest BCUT2D eigenvalue weighted by atomic mass is 32.1. The summed E-state index contributed by atoms with van der Waals surface area (Å²) >= 11 is 1.89. The zero-order chi connectivity index (χ0) is 13.1. The lowest BCUT2D eigenvalue weighted by Gasteiger charge is -2.06. The monoisotopic (exact) mass is 259 g/mol. The Balaban J connectivity index is 1.92. The van der Waals surface area contributed by atoms with Crippen molar-refractivity contribution in [2.24, 2.45) is 0 Å². The van der Waals surface area contributed by atoms with Crippen LogP contribution in [0.15, 0.2) is 24.3 Å². The Hall–Kier alpha value is -1.12. The van der Waals surface area contributed by atoms with Gasteiger partial charge in [0.05, 0.1) is 0 Å². The first kappa shape index (κ1) is 13.3. The standard InChI is InChI=1S/C16H21NS/c1-11-5-12(2)7-15(6-11)9-17-10-16-8-13(3)14(4)18-16/h5-8,17H,9-10H2,1-4H3. The van der Waals surface area contributed by atoms with Gasteiger partial charge in [-0.2, -0.15) is 0 Å². The van der Waals surface area contributed by atoms with Gasteiger partial charge in [-0.05, 0) is 44.9 Å². The Morgan fingerprint density at radius 3 is 2.11 bits per heavy atom. The van der Waals surface area contributed by atoms with Crippen molar-refractivity contribution in [1.29, 1.82) is 0 Å². The summed E-state index contributed by atoms with van der Waals surface area (Å²) in [7, 11) is 0. The van der Waals surface area contributed by atoms with Gasteiger partial charge in [0.15, 0.2) is 0 Å². The van der Waals surface area contributed by atoms with E-state index in [1.807, 2.05) is 11.3 Å². The topological polar surface area (TPSA) is 12.0 Å². The van der Waals surface area contributed by atoms with Gasteiger partial charge < -0.3 is 5.32 Å². The molecule has 1 aromatic heterocycles. The number of rotatable bonds is 4. The van der Waals surface area contributed by atoms with Crippen LogP contribution in [0.2, 0.25) is 0 Å². The Morgan fingerprint density at radius 2 is 1.56 bits per heavy atom. The van der Waals surface area contributed by atoms with E-state index < -0.39 is 0 Å². The van der Waals surface area contributed by atoms with Crippen molar-refractivity contribution in [2.75, 3.05) is 0 Å². The van der Waals surface area contributed by atoms with Gasteiger partial charge in [0.2, 0.25) is 0 Å². The number of thiophene rings is 1. The Kier molecular flexibility index (Phi) is 4.20. The van der Waals surface area contributed by atoms with Gasteiger partial charge in [-0.15, -0.1) is 11.3 Å². The van der Waals surface area contributed by atoms with Crippen molar-refractivity contribution in [1.82, 2.24) is 5.32 Å². The Bertz CT molecular complexity index is 500. The molecule has 2 rings (SSSR count). The molecule has 0 spiro atoms. The summed E-state index contributed by atoms with van der Waals surface area (Å²) in [4.78, 5) is 2.85. The largest absolute Gasteiger partial charge is 0.308 e. The third-order valence-electron chi connectivity index (χ3n) is 3.13. The fraction of sp³-hybridized carbons (Fsp3) is 0.375. The molecule has 2 heteroatoms. The first-order valence-electron chi connectivity index (χ1n) is 6.38. The van der Waals surface area contributed by atoms with Gasteiger partial charge >= 0.3 is 0 Å². The van der Waals surface area contributed by atoms with Gasteiger partial charge in [0.1, 0.15) is 0 Å². The van der Waals surface area contributed by atoms with Crippen molar-refractivity contribution >= 4 is 11.3 Å². The second kappa shape index (κ2) is 5.68. The van der Waals surface area contributed by atoms with Crippen LogP contribution >= 0.6 is 11.3 Å².